The zero-order valence-electron chi connectivity index (χ0n) is 13.5. The molecule has 1 atom stereocenters. The van der Waals surface area contributed by atoms with Crippen molar-refractivity contribution < 1.29 is 8.91 Å². The number of nitrogens with one attached hydrogen (secondary N) is 1. The van der Waals surface area contributed by atoms with Gasteiger partial charge < -0.3 is 9.51 Å². The Hall–Kier alpha value is -2.76. The van der Waals surface area contributed by atoms with Gasteiger partial charge in [0.25, 0.3) is 5.56 Å². The first-order valence-corrected chi connectivity index (χ1v) is 8.56. The number of fused-ring (bicyclic) bond motifs is 2. The second-order valence-electron chi connectivity index (χ2n) is 6.78. The van der Waals surface area contributed by atoms with Crippen LogP contribution in [0, 0.1) is 5.82 Å². The molecule has 1 N–H and O–H groups in total. The molecule has 2 aliphatic carbocycles. The van der Waals surface area contributed by atoms with E-state index >= 15 is 0 Å². The number of aryl methyl sites for hydroxylation is 2. The molecule has 2 heterocycles. The van der Waals surface area contributed by atoms with Crippen LogP contribution in [0.4, 0.5) is 4.39 Å². The van der Waals surface area contributed by atoms with Crippen molar-refractivity contribution in [3.05, 3.63) is 68.7 Å². The van der Waals surface area contributed by atoms with Crippen LogP contribution in [-0.4, -0.2) is 15.1 Å². The van der Waals surface area contributed by atoms with Crippen molar-refractivity contribution in [1.29, 1.82) is 0 Å². The Bertz CT molecular complexity index is 1040. The monoisotopic (exact) mass is 337 g/mol. The van der Waals surface area contributed by atoms with Gasteiger partial charge in [-0.2, -0.15) is 4.98 Å². The SMILES string of the molecule is O=c1[nH]c2c(cc1-c1noc(C3Cc4ccc(F)cc43)n1)CCCC2. The molecule has 0 amide bonds. The Morgan fingerprint density at radius 3 is 2.96 bits per heavy atom. The second-order valence-corrected chi connectivity index (χ2v) is 6.78. The number of aromatic nitrogens is 3. The maximum absolute atomic E-state index is 13.4. The molecule has 1 unspecified atom stereocenters. The van der Waals surface area contributed by atoms with Gasteiger partial charge in [-0.05, 0) is 67.0 Å². The Labute approximate surface area is 142 Å². The molecule has 5 rings (SSSR count). The smallest absolute Gasteiger partial charge is 0.259 e. The molecule has 0 bridgehead atoms. The van der Waals surface area contributed by atoms with Crippen LogP contribution in [0.5, 0.6) is 0 Å². The Morgan fingerprint density at radius 2 is 2.04 bits per heavy atom. The van der Waals surface area contributed by atoms with Gasteiger partial charge in [-0.15, -0.1) is 0 Å². The second kappa shape index (κ2) is 5.37. The van der Waals surface area contributed by atoms with Crippen LogP contribution < -0.4 is 5.56 Å². The third-order valence-corrected chi connectivity index (χ3v) is 5.23. The van der Waals surface area contributed by atoms with Crippen molar-refractivity contribution in [3.8, 4) is 11.4 Å². The number of benzene rings is 1. The number of aromatic amines is 1. The van der Waals surface area contributed by atoms with Gasteiger partial charge in [-0.3, -0.25) is 4.79 Å². The molecule has 25 heavy (non-hydrogen) atoms. The lowest BCUT2D eigenvalue weighted by molar-refractivity contribution is 0.356. The van der Waals surface area contributed by atoms with Crippen LogP contribution in [0.15, 0.2) is 33.6 Å². The molecule has 2 aliphatic rings. The van der Waals surface area contributed by atoms with Crippen molar-refractivity contribution >= 4 is 0 Å². The highest BCUT2D eigenvalue weighted by molar-refractivity contribution is 5.55. The molecule has 126 valence electrons. The summed E-state index contributed by atoms with van der Waals surface area (Å²) in [6, 6.07) is 6.64. The number of rotatable bonds is 2. The number of pyridine rings is 1. The summed E-state index contributed by atoms with van der Waals surface area (Å²) >= 11 is 0. The van der Waals surface area contributed by atoms with Crippen molar-refractivity contribution in [2.75, 3.05) is 0 Å². The number of hydrogen-bond donors (Lipinski definition) is 1. The summed E-state index contributed by atoms with van der Waals surface area (Å²) in [4.78, 5) is 19.7. The van der Waals surface area contributed by atoms with Crippen LogP contribution in [0.1, 0.15) is 47.0 Å². The first-order valence-electron chi connectivity index (χ1n) is 8.56. The molecule has 0 spiro atoms. The summed E-state index contributed by atoms with van der Waals surface area (Å²) in [6.45, 7) is 0. The van der Waals surface area contributed by atoms with Gasteiger partial charge in [0.1, 0.15) is 5.82 Å². The maximum atomic E-state index is 13.4. The highest BCUT2D eigenvalue weighted by atomic mass is 19.1. The molecular formula is C19H16FN3O2. The average Bonchev–Trinajstić information content (AvgIpc) is 3.06. The molecule has 0 aliphatic heterocycles. The molecule has 3 aromatic rings. The molecule has 2 aromatic heterocycles. The maximum Gasteiger partial charge on any atom is 0.259 e. The van der Waals surface area contributed by atoms with E-state index in [2.05, 4.69) is 15.1 Å². The van der Waals surface area contributed by atoms with Gasteiger partial charge in [0.05, 0.1) is 11.5 Å². The van der Waals surface area contributed by atoms with Gasteiger partial charge in [0.2, 0.25) is 11.7 Å². The van der Waals surface area contributed by atoms with E-state index in [1.165, 1.54) is 12.1 Å². The summed E-state index contributed by atoms with van der Waals surface area (Å²) in [6.07, 6.45) is 4.84. The molecule has 5 nitrogen and oxygen atoms in total. The fourth-order valence-corrected chi connectivity index (χ4v) is 3.82. The number of halogens is 1. The Balaban J connectivity index is 1.51. The van der Waals surface area contributed by atoms with Crippen molar-refractivity contribution in [2.45, 2.75) is 38.0 Å². The third kappa shape index (κ3) is 2.32. The average molecular weight is 337 g/mol. The van der Waals surface area contributed by atoms with E-state index in [1.54, 1.807) is 6.07 Å². The lowest BCUT2D eigenvalue weighted by atomic mass is 9.77. The Morgan fingerprint density at radius 1 is 1.16 bits per heavy atom. The number of H-pyrrole nitrogens is 1. The topological polar surface area (TPSA) is 71.8 Å². The molecular weight excluding hydrogens is 321 g/mol. The first kappa shape index (κ1) is 14.6. The molecule has 0 saturated carbocycles. The number of hydrogen-bond acceptors (Lipinski definition) is 4. The van der Waals surface area contributed by atoms with E-state index in [9.17, 15) is 9.18 Å². The largest absolute Gasteiger partial charge is 0.338 e. The van der Waals surface area contributed by atoms with E-state index in [4.69, 9.17) is 4.52 Å². The van der Waals surface area contributed by atoms with Gasteiger partial charge in [0.15, 0.2) is 0 Å². The van der Waals surface area contributed by atoms with Gasteiger partial charge in [-0.1, -0.05) is 11.2 Å². The zero-order valence-corrected chi connectivity index (χ0v) is 13.5. The van der Waals surface area contributed by atoms with Gasteiger partial charge in [0, 0.05) is 5.69 Å². The van der Waals surface area contributed by atoms with Crippen LogP contribution in [-0.2, 0) is 19.3 Å². The predicted molar refractivity (Wildman–Crippen MR) is 88.9 cm³/mol. The summed E-state index contributed by atoms with van der Waals surface area (Å²) in [5.41, 5.74) is 4.41. The highest BCUT2D eigenvalue weighted by Gasteiger charge is 2.33. The summed E-state index contributed by atoms with van der Waals surface area (Å²) < 4.78 is 18.8. The minimum atomic E-state index is -0.269. The lowest BCUT2D eigenvalue weighted by Gasteiger charge is -2.26. The van der Waals surface area contributed by atoms with E-state index in [1.807, 2.05) is 6.07 Å². The third-order valence-electron chi connectivity index (χ3n) is 5.23. The van der Waals surface area contributed by atoms with Gasteiger partial charge in [-0.25, -0.2) is 4.39 Å². The minimum Gasteiger partial charge on any atom is -0.338 e. The summed E-state index contributed by atoms with van der Waals surface area (Å²) in [5, 5.41) is 3.99. The Kier molecular flexibility index (Phi) is 3.13. The normalized spacial score (nSPS) is 18.4. The van der Waals surface area contributed by atoms with Crippen molar-refractivity contribution in [3.63, 3.8) is 0 Å². The van der Waals surface area contributed by atoms with Crippen LogP contribution in [0.2, 0.25) is 0 Å². The van der Waals surface area contributed by atoms with E-state index in [-0.39, 0.29) is 17.3 Å². The highest BCUT2D eigenvalue weighted by Crippen LogP contribution is 2.40. The van der Waals surface area contributed by atoms with E-state index in [0.717, 1.165) is 54.5 Å². The van der Waals surface area contributed by atoms with Crippen LogP contribution in [0.3, 0.4) is 0 Å². The lowest BCUT2D eigenvalue weighted by Crippen LogP contribution is -2.19. The van der Waals surface area contributed by atoms with E-state index < -0.39 is 0 Å². The molecule has 0 radical (unpaired) electrons. The zero-order chi connectivity index (χ0) is 17.0. The minimum absolute atomic E-state index is 0.0938. The fourth-order valence-electron chi connectivity index (χ4n) is 3.82. The summed E-state index contributed by atoms with van der Waals surface area (Å²) in [7, 11) is 0. The van der Waals surface area contributed by atoms with Gasteiger partial charge >= 0.3 is 0 Å². The van der Waals surface area contributed by atoms with Crippen LogP contribution in [0.25, 0.3) is 11.4 Å². The quantitative estimate of drug-likeness (QED) is 0.780. The van der Waals surface area contributed by atoms with Crippen molar-refractivity contribution in [1.82, 2.24) is 15.1 Å². The number of nitrogens with zero attached hydrogens (tertiary/aromatic N) is 2. The predicted octanol–water partition coefficient (Wildman–Crippen LogP) is 3.13. The molecule has 6 heteroatoms. The van der Waals surface area contributed by atoms with E-state index in [0.29, 0.717) is 17.3 Å². The molecule has 0 saturated heterocycles. The summed E-state index contributed by atoms with van der Waals surface area (Å²) in [5.74, 6) is 0.373. The van der Waals surface area contributed by atoms with Crippen molar-refractivity contribution in [2.24, 2.45) is 0 Å². The van der Waals surface area contributed by atoms with Crippen LogP contribution >= 0.6 is 0 Å². The molecule has 0 fully saturated rings. The molecule has 1 aromatic carbocycles. The first-order chi connectivity index (χ1) is 12.2. The fraction of sp³-hybridized carbons (Fsp3) is 0.316. The standard InChI is InChI=1S/C19H16FN3O2/c20-12-6-5-10-7-14(13(10)9-12)19-22-17(23-25-19)15-8-11-3-1-2-4-16(11)21-18(15)24/h5-6,8-9,14H,1-4,7H2,(H,21,24).